The van der Waals surface area contributed by atoms with Crippen LogP contribution in [0.2, 0.25) is 0 Å². The molecule has 0 spiro atoms. The monoisotopic (exact) mass is 290 g/mol. The van der Waals surface area contributed by atoms with Crippen molar-refractivity contribution in [2.75, 3.05) is 6.61 Å². The van der Waals surface area contributed by atoms with Gasteiger partial charge in [-0.1, -0.05) is 46.6 Å². The van der Waals surface area contributed by atoms with Crippen LogP contribution in [0.3, 0.4) is 0 Å². The highest BCUT2D eigenvalue weighted by molar-refractivity contribution is 5.06. The van der Waals surface area contributed by atoms with E-state index in [1.807, 2.05) is 6.92 Å². The van der Waals surface area contributed by atoms with Crippen LogP contribution in [0.1, 0.15) is 73.1 Å². The summed E-state index contributed by atoms with van der Waals surface area (Å²) in [6.07, 6.45) is 15.9. The highest BCUT2D eigenvalue weighted by atomic mass is 16.3. The second kappa shape index (κ2) is 12.6. The zero-order valence-electron chi connectivity index (χ0n) is 14.7. The summed E-state index contributed by atoms with van der Waals surface area (Å²) in [5, 5.41) is 8.91. The molecule has 21 heavy (non-hydrogen) atoms. The zero-order chi connectivity index (χ0) is 16.1. The average Bonchev–Trinajstić information content (AvgIpc) is 2.42. The maximum Gasteiger partial charge on any atom is 0.0639 e. The molecule has 0 atom stereocenters. The molecule has 1 nitrogen and oxygen atoms in total. The summed E-state index contributed by atoms with van der Waals surface area (Å²) < 4.78 is 0. The maximum absolute atomic E-state index is 8.91. The Morgan fingerprint density at radius 3 is 1.52 bits per heavy atom. The predicted octanol–water partition coefficient (Wildman–Crippen LogP) is 6.12. The van der Waals surface area contributed by atoms with Crippen LogP contribution < -0.4 is 0 Å². The molecule has 0 fully saturated rings. The van der Waals surface area contributed by atoms with Gasteiger partial charge in [0.15, 0.2) is 0 Å². The molecule has 0 rings (SSSR count). The van der Waals surface area contributed by atoms with Gasteiger partial charge in [0, 0.05) is 0 Å². The minimum atomic E-state index is 0.180. The fourth-order valence-corrected chi connectivity index (χ4v) is 2.06. The van der Waals surface area contributed by atoms with E-state index in [2.05, 4.69) is 52.0 Å². The van der Waals surface area contributed by atoms with Gasteiger partial charge in [-0.2, -0.15) is 0 Å². The number of allylic oxidation sites excluding steroid dienone is 7. The molecule has 0 aromatic heterocycles. The molecule has 0 radical (unpaired) electrons. The Morgan fingerprint density at radius 2 is 1.05 bits per heavy atom. The number of unbranched alkanes of at least 4 members (excludes halogenated alkanes) is 1. The normalized spacial score (nSPS) is 13.5. The Kier molecular flexibility index (Phi) is 12.0. The summed E-state index contributed by atoms with van der Waals surface area (Å²) in [4.78, 5) is 0. The van der Waals surface area contributed by atoms with Gasteiger partial charge < -0.3 is 5.11 Å². The molecule has 1 N–H and O–H groups in total. The SMILES string of the molecule is CC(C)=CCC/C(C)=C/CC/C(C)=C/CC/C=C(\C)CO. The highest BCUT2D eigenvalue weighted by Gasteiger charge is 1.92. The van der Waals surface area contributed by atoms with E-state index >= 15 is 0 Å². The first kappa shape index (κ1) is 19.9. The third-order valence-corrected chi connectivity index (χ3v) is 3.52. The molecule has 0 aromatic rings. The third-order valence-electron chi connectivity index (χ3n) is 3.52. The first-order valence-electron chi connectivity index (χ1n) is 8.16. The highest BCUT2D eigenvalue weighted by Crippen LogP contribution is 2.12. The van der Waals surface area contributed by atoms with E-state index in [4.69, 9.17) is 5.11 Å². The Hall–Kier alpha value is -1.08. The van der Waals surface area contributed by atoms with Gasteiger partial charge in [-0.05, 0) is 73.1 Å². The Labute approximate surface area is 132 Å². The molecule has 0 bridgehead atoms. The van der Waals surface area contributed by atoms with Crippen LogP contribution >= 0.6 is 0 Å². The second-order valence-corrected chi connectivity index (χ2v) is 6.25. The molecule has 0 aliphatic heterocycles. The van der Waals surface area contributed by atoms with Gasteiger partial charge in [-0.25, -0.2) is 0 Å². The minimum Gasteiger partial charge on any atom is -0.392 e. The molecule has 0 saturated carbocycles. The van der Waals surface area contributed by atoms with Gasteiger partial charge in [0.2, 0.25) is 0 Å². The van der Waals surface area contributed by atoms with Crippen LogP contribution in [0.15, 0.2) is 46.6 Å². The van der Waals surface area contributed by atoms with Crippen molar-refractivity contribution in [3.63, 3.8) is 0 Å². The lowest BCUT2D eigenvalue weighted by Crippen LogP contribution is -1.83. The molecule has 0 aliphatic rings. The second-order valence-electron chi connectivity index (χ2n) is 6.25. The quantitative estimate of drug-likeness (QED) is 0.379. The average molecular weight is 290 g/mol. The van der Waals surface area contributed by atoms with Crippen LogP contribution in [0.25, 0.3) is 0 Å². The molecule has 0 unspecified atom stereocenters. The lowest BCUT2D eigenvalue weighted by Gasteiger charge is -2.01. The van der Waals surface area contributed by atoms with Gasteiger partial charge in [0.05, 0.1) is 6.61 Å². The topological polar surface area (TPSA) is 20.2 Å². The van der Waals surface area contributed by atoms with Crippen molar-refractivity contribution >= 4 is 0 Å². The third kappa shape index (κ3) is 13.7. The van der Waals surface area contributed by atoms with Crippen molar-refractivity contribution in [3.05, 3.63) is 46.6 Å². The van der Waals surface area contributed by atoms with E-state index in [-0.39, 0.29) is 6.61 Å². The fraction of sp³-hybridized carbons (Fsp3) is 0.600. The summed E-state index contributed by atoms with van der Waals surface area (Å²) in [7, 11) is 0. The van der Waals surface area contributed by atoms with E-state index < -0.39 is 0 Å². The van der Waals surface area contributed by atoms with E-state index in [9.17, 15) is 0 Å². The largest absolute Gasteiger partial charge is 0.392 e. The summed E-state index contributed by atoms with van der Waals surface area (Å²) in [5.74, 6) is 0. The molecule has 0 saturated heterocycles. The summed E-state index contributed by atoms with van der Waals surface area (Å²) in [6, 6.07) is 0. The summed E-state index contributed by atoms with van der Waals surface area (Å²) in [6.45, 7) is 10.9. The van der Waals surface area contributed by atoms with Gasteiger partial charge >= 0.3 is 0 Å². The van der Waals surface area contributed by atoms with Crippen LogP contribution in [0.5, 0.6) is 0 Å². The Balaban J connectivity index is 3.91. The summed E-state index contributed by atoms with van der Waals surface area (Å²) >= 11 is 0. The number of hydrogen-bond acceptors (Lipinski definition) is 1. The Morgan fingerprint density at radius 1 is 0.619 bits per heavy atom. The fourth-order valence-electron chi connectivity index (χ4n) is 2.06. The molecular weight excluding hydrogens is 256 g/mol. The van der Waals surface area contributed by atoms with Crippen LogP contribution in [0.4, 0.5) is 0 Å². The van der Waals surface area contributed by atoms with Crippen LogP contribution in [-0.2, 0) is 0 Å². The van der Waals surface area contributed by atoms with Crippen molar-refractivity contribution in [2.24, 2.45) is 0 Å². The lowest BCUT2D eigenvalue weighted by atomic mass is 10.1. The van der Waals surface area contributed by atoms with Gasteiger partial charge in [-0.3, -0.25) is 0 Å². The first-order chi connectivity index (χ1) is 9.95. The number of aliphatic hydroxyl groups excluding tert-OH is 1. The zero-order valence-corrected chi connectivity index (χ0v) is 14.7. The van der Waals surface area contributed by atoms with Crippen LogP contribution in [-0.4, -0.2) is 11.7 Å². The van der Waals surface area contributed by atoms with Crippen molar-refractivity contribution in [1.29, 1.82) is 0 Å². The van der Waals surface area contributed by atoms with Gasteiger partial charge in [0.1, 0.15) is 0 Å². The molecule has 0 amide bonds. The molecule has 0 aliphatic carbocycles. The molecule has 1 heteroatoms. The van der Waals surface area contributed by atoms with Gasteiger partial charge in [-0.15, -0.1) is 0 Å². The van der Waals surface area contributed by atoms with Crippen LogP contribution in [0, 0.1) is 0 Å². The number of aliphatic hydroxyl groups is 1. The van der Waals surface area contributed by atoms with Crippen molar-refractivity contribution in [1.82, 2.24) is 0 Å². The van der Waals surface area contributed by atoms with E-state index in [1.54, 1.807) is 0 Å². The molecule has 120 valence electrons. The van der Waals surface area contributed by atoms with Crippen molar-refractivity contribution in [2.45, 2.75) is 73.1 Å². The smallest absolute Gasteiger partial charge is 0.0639 e. The minimum absolute atomic E-state index is 0.180. The molecule has 0 heterocycles. The number of hydrogen-bond donors (Lipinski definition) is 1. The standard InChI is InChI=1S/C20H34O/c1-17(2)10-8-13-19(4)15-9-14-18(3)11-6-7-12-20(5)16-21/h10-12,15,21H,6-9,13-14,16H2,1-5H3/b18-11+,19-15+,20-12+. The van der Waals surface area contributed by atoms with Gasteiger partial charge in [0.25, 0.3) is 0 Å². The predicted molar refractivity (Wildman–Crippen MR) is 95.5 cm³/mol. The van der Waals surface area contributed by atoms with Crippen molar-refractivity contribution < 1.29 is 5.11 Å². The van der Waals surface area contributed by atoms with Crippen molar-refractivity contribution in [3.8, 4) is 0 Å². The molecular formula is C20H34O. The van der Waals surface area contributed by atoms with E-state index in [0.29, 0.717) is 0 Å². The Bertz CT molecular complexity index is 390. The lowest BCUT2D eigenvalue weighted by molar-refractivity contribution is 0.331. The van der Waals surface area contributed by atoms with E-state index in [0.717, 1.165) is 37.7 Å². The number of rotatable bonds is 10. The first-order valence-corrected chi connectivity index (χ1v) is 8.16. The summed E-state index contributed by atoms with van der Waals surface area (Å²) in [5.41, 5.74) is 5.45. The molecule has 0 aromatic carbocycles. The maximum atomic E-state index is 8.91. The van der Waals surface area contributed by atoms with E-state index in [1.165, 1.54) is 23.1 Å².